The van der Waals surface area contributed by atoms with Crippen molar-refractivity contribution < 1.29 is 4.57 Å². The first-order chi connectivity index (χ1) is 7.18. The Morgan fingerprint density at radius 2 is 2.07 bits per heavy atom. The number of allylic oxidation sites excluding steroid dienone is 2. The SMILES string of the molecule is CC1=CC[P@@](=O)(NCc2ccccc2)C1. The Kier molecular flexibility index (Phi) is 3.08. The molecule has 0 aromatic heterocycles. The Morgan fingerprint density at radius 3 is 2.67 bits per heavy atom. The molecule has 0 amide bonds. The monoisotopic (exact) mass is 221 g/mol. The number of hydrogen-bond donors (Lipinski definition) is 1. The molecule has 2 nitrogen and oxygen atoms in total. The summed E-state index contributed by atoms with van der Waals surface area (Å²) in [4.78, 5) is 0. The summed E-state index contributed by atoms with van der Waals surface area (Å²) in [5.41, 5.74) is 2.44. The summed E-state index contributed by atoms with van der Waals surface area (Å²) in [6, 6.07) is 10.1. The number of hydrogen-bond acceptors (Lipinski definition) is 1. The van der Waals surface area contributed by atoms with E-state index in [1.807, 2.05) is 25.1 Å². The zero-order valence-electron chi connectivity index (χ0n) is 8.94. The molecule has 0 saturated heterocycles. The second-order valence-electron chi connectivity index (χ2n) is 4.10. The van der Waals surface area contributed by atoms with Gasteiger partial charge in [-0.15, -0.1) is 0 Å². The largest absolute Gasteiger partial charge is 0.306 e. The molecular weight excluding hydrogens is 205 g/mol. The van der Waals surface area contributed by atoms with Gasteiger partial charge in [0.2, 0.25) is 0 Å². The number of rotatable bonds is 3. The molecule has 1 aliphatic heterocycles. The van der Waals surface area contributed by atoms with Gasteiger partial charge in [0.15, 0.2) is 7.29 Å². The zero-order chi connectivity index (χ0) is 10.7. The summed E-state index contributed by atoms with van der Waals surface area (Å²) < 4.78 is 12.2. The second-order valence-corrected chi connectivity index (χ2v) is 6.88. The predicted octanol–water partition coefficient (Wildman–Crippen LogP) is 3.01. The van der Waals surface area contributed by atoms with Crippen LogP contribution in [0, 0.1) is 0 Å². The summed E-state index contributed by atoms with van der Waals surface area (Å²) in [6.07, 6.45) is 3.53. The molecule has 0 unspecified atom stereocenters. The van der Waals surface area contributed by atoms with Crippen molar-refractivity contribution in [2.45, 2.75) is 13.5 Å². The Labute approximate surface area is 90.8 Å². The van der Waals surface area contributed by atoms with E-state index in [4.69, 9.17) is 0 Å². The van der Waals surface area contributed by atoms with Crippen molar-refractivity contribution in [1.82, 2.24) is 5.09 Å². The average molecular weight is 221 g/mol. The highest BCUT2D eigenvalue weighted by Crippen LogP contribution is 2.47. The molecule has 2 rings (SSSR count). The first kappa shape index (κ1) is 10.7. The lowest BCUT2D eigenvalue weighted by molar-refractivity contribution is 0.569. The summed E-state index contributed by atoms with van der Waals surface area (Å²) in [7, 11) is -2.13. The Balaban J connectivity index is 1.92. The van der Waals surface area contributed by atoms with Crippen LogP contribution in [0.15, 0.2) is 42.0 Å². The van der Waals surface area contributed by atoms with E-state index in [9.17, 15) is 4.57 Å². The zero-order valence-corrected chi connectivity index (χ0v) is 9.84. The van der Waals surface area contributed by atoms with Gasteiger partial charge < -0.3 is 4.57 Å². The number of benzene rings is 1. The van der Waals surface area contributed by atoms with Crippen LogP contribution in [0.2, 0.25) is 0 Å². The van der Waals surface area contributed by atoms with E-state index < -0.39 is 7.29 Å². The van der Waals surface area contributed by atoms with Gasteiger partial charge in [-0.1, -0.05) is 42.0 Å². The van der Waals surface area contributed by atoms with Gasteiger partial charge in [0, 0.05) is 18.9 Å². The minimum atomic E-state index is -2.13. The van der Waals surface area contributed by atoms with E-state index in [1.165, 1.54) is 11.1 Å². The molecule has 0 aliphatic carbocycles. The van der Waals surface area contributed by atoms with Crippen LogP contribution in [0.5, 0.6) is 0 Å². The predicted molar refractivity (Wildman–Crippen MR) is 64.4 cm³/mol. The molecule has 80 valence electrons. The molecule has 1 heterocycles. The van der Waals surface area contributed by atoms with Crippen LogP contribution >= 0.6 is 7.29 Å². The lowest BCUT2D eigenvalue weighted by Gasteiger charge is -2.13. The van der Waals surface area contributed by atoms with E-state index in [0.29, 0.717) is 12.7 Å². The molecule has 1 aliphatic rings. The highest BCUT2D eigenvalue weighted by molar-refractivity contribution is 7.62. The van der Waals surface area contributed by atoms with Gasteiger partial charge in [0.25, 0.3) is 0 Å². The van der Waals surface area contributed by atoms with E-state index >= 15 is 0 Å². The van der Waals surface area contributed by atoms with Gasteiger partial charge in [-0.05, 0) is 12.5 Å². The van der Waals surface area contributed by atoms with E-state index in [0.717, 1.165) is 6.16 Å². The maximum absolute atomic E-state index is 12.2. The lowest BCUT2D eigenvalue weighted by Crippen LogP contribution is -2.11. The molecular formula is C12H16NOP. The van der Waals surface area contributed by atoms with Gasteiger partial charge in [-0.3, -0.25) is 5.09 Å². The minimum absolute atomic E-state index is 0.708. The molecule has 0 spiro atoms. The standard InChI is InChI=1S/C12H16NOP/c1-11-7-8-15(14,10-11)13-9-12-5-3-2-4-6-12/h2-7H,8-10H2,1H3,(H,13,14)/t15-/m0/s1. The minimum Gasteiger partial charge on any atom is -0.306 e. The van der Waals surface area contributed by atoms with Crippen LogP contribution in [-0.4, -0.2) is 12.3 Å². The maximum atomic E-state index is 12.2. The van der Waals surface area contributed by atoms with Crippen molar-refractivity contribution >= 4 is 7.29 Å². The molecule has 0 bridgehead atoms. The fourth-order valence-electron chi connectivity index (χ4n) is 1.79. The Hall–Kier alpha value is -0.850. The van der Waals surface area contributed by atoms with Crippen molar-refractivity contribution in [2.24, 2.45) is 0 Å². The number of nitrogens with one attached hydrogen (secondary N) is 1. The van der Waals surface area contributed by atoms with Crippen LogP contribution in [0.3, 0.4) is 0 Å². The van der Waals surface area contributed by atoms with E-state index in [-0.39, 0.29) is 0 Å². The van der Waals surface area contributed by atoms with Crippen LogP contribution in [0.4, 0.5) is 0 Å². The van der Waals surface area contributed by atoms with Crippen LogP contribution in [0.25, 0.3) is 0 Å². The summed E-state index contributed by atoms with van der Waals surface area (Å²) in [6.45, 7) is 2.75. The van der Waals surface area contributed by atoms with Crippen LogP contribution in [-0.2, 0) is 11.1 Å². The fraction of sp³-hybridized carbons (Fsp3) is 0.333. The van der Waals surface area contributed by atoms with Gasteiger partial charge in [-0.2, -0.15) is 0 Å². The molecule has 1 N–H and O–H groups in total. The first-order valence-corrected chi connectivity index (χ1v) is 7.28. The smallest absolute Gasteiger partial charge is 0.155 e. The molecule has 1 atom stereocenters. The molecule has 3 heteroatoms. The molecule has 1 aromatic carbocycles. The molecule has 1 aromatic rings. The highest BCUT2D eigenvalue weighted by atomic mass is 31.2. The lowest BCUT2D eigenvalue weighted by atomic mass is 10.2. The van der Waals surface area contributed by atoms with Crippen LogP contribution < -0.4 is 5.09 Å². The second kappa shape index (κ2) is 4.34. The van der Waals surface area contributed by atoms with Crippen molar-refractivity contribution in [1.29, 1.82) is 0 Å². The molecule has 15 heavy (non-hydrogen) atoms. The van der Waals surface area contributed by atoms with Crippen molar-refractivity contribution in [3.05, 3.63) is 47.5 Å². The quantitative estimate of drug-likeness (QED) is 0.628. The van der Waals surface area contributed by atoms with Crippen LogP contribution in [0.1, 0.15) is 12.5 Å². The third-order valence-electron chi connectivity index (χ3n) is 2.65. The van der Waals surface area contributed by atoms with Gasteiger partial charge in [0.1, 0.15) is 0 Å². The van der Waals surface area contributed by atoms with E-state index in [2.05, 4.69) is 23.3 Å². The highest BCUT2D eigenvalue weighted by Gasteiger charge is 2.25. The third-order valence-corrected chi connectivity index (χ3v) is 5.17. The van der Waals surface area contributed by atoms with Crippen molar-refractivity contribution in [2.75, 3.05) is 12.3 Å². The Morgan fingerprint density at radius 1 is 1.33 bits per heavy atom. The van der Waals surface area contributed by atoms with Crippen molar-refractivity contribution in [3.63, 3.8) is 0 Å². The average Bonchev–Trinajstić information content (AvgIpc) is 2.58. The topological polar surface area (TPSA) is 29.1 Å². The normalized spacial score (nSPS) is 25.3. The summed E-state index contributed by atoms with van der Waals surface area (Å²) in [5.74, 6) is 0. The van der Waals surface area contributed by atoms with Gasteiger partial charge >= 0.3 is 0 Å². The fourth-order valence-corrected chi connectivity index (χ4v) is 4.17. The van der Waals surface area contributed by atoms with Gasteiger partial charge in [0.05, 0.1) is 0 Å². The molecule has 0 fully saturated rings. The summed E-state index contributed by atoms with van der Waals surface area (Å²) >= 11 is 0. The van der Waals surface area contributed by atoms with E-state index in [1.54, 1.807) is 0 Å². The molecule has 0 saturated carbocycles. The van der Waals surface area contributed by atoms with Gasteiger partial charge in [-0.25, -0.2) is 0 Å². The molecule has 0 radical (unpaired) electrons. The maximum Gasteiger partial charge on any atom is 0.155 e. The third kappa shape index (κ3) is 2.80. The summed E-state index contributed by atoms with van der Waals surface area (Å²) in [5, 5.41) is 3.21. The Bertz CT molecular complexity index is 411. The first-order valence-electron chi connectivity index (χ1n) is 5.21. The van der Waals surface area contributed by atoms with Crippen molar-refractivity contribution in [3.8, 4) is 0 Å².